The lowest BCUT2D eigenvalue weighted by Gasteiger charge is -2.34. The highest BCUT2D eigenvalue weighted by Gasteiger charge is 2.37. The van der Waals surface area contributed by atoms with Crippen molar-refractivity contribution in [3.05, 3.63) is 34.7 Å². The molecule has 0 spiro atoms. The first kappa shape index (κ1) is 13.0. The SMILES string of the molecule is C=C1NC(=S)NC(c2ccsc2)C1C(=O)OCC. The van der Waals surface area contributed by atoms with Crippen LogP contribution in [0.4, 0.5) is 0 Å². The molecule has 6 heteroatoms. The molecule has 0 amide bonds. The molecule has 1 aliphatic heterocycles. The highest BCUT2D eigenvalue weighted by molar-refractivity contribution is 7.80. The Morgan fingerprint density at radius 2 is 2.44 bits per heavy atom. The van der Waals surface area contributed by atoms with Crippen LogP contribution in [0.1, 0.15) is 18.5 Å². The molecule has 0 saturated carbocycles. The summed E-state index contributed by atoms with van der Waals surface area (Å²) in [6, 6.07) is 1.76. The molecule has 0 bridgehead atoms. The zero-order chi connectivity index (χ0) is 13.1. The van der Waals surface area contributed by atoms with E-state index in [0.29, 0.717) is 17.4 Å². The number of nitrogens with one attached hydrogen (secondary N) is 2. The van der Waals surface area contributed by atoms with Crippen LogP contribution in [-0.2, 0) is 9.53 Å². The molecule has 1 aliphatic rings. The quantitative estimate of drug-likeness (QED) is 0.655. The minimum Gasteiger partial charge on any atom is -0.465 e. The van der Waals surface area contributed by atoms with Crippen molar-refractivity contribution in [3.63, 3.8) is 0 Å². The van der Waals surface area contributed by atoms with Gasteiger partial charge < -0.3 is 15.4 Å². The van der Waals surface area contributed by atoms with Gasteiger partial charge in [-0.2, -0.15) is 11.3 Å². The standard InChI is InChI=1S/C12H14N2O2S2/c1-3-16-11(15)9-7(2)13-12(17)14-10(9)8-4-5-18-6-8/h4-6,9-10H,2-3H2,1H3,(H2,13,14,17). The first-order valence-corrected chi connectivity index (χ1v) is 6.93. The maximum atomic E-state index is 12.0. The smallest absolute Gasteiger partial charge is 0.317 e. The highest BCUT2D eigenvalue weighted by atomic mass is 32.1. The van der Waals surface area contributed by atoms with Gasteiger partial charge in [-0.1, -0.05) is 6.58 Å². The third kappa shape index (κ3) is 2.54. The molecule has 4 nitrogen and oxygen atoms in total. The number of rotatable bonds is 3. The minimum absolute atomic E-state index is 0.212. The molecular weight excluding hydrogens is 268 g/mol. The lowest BCUT2D eigenvalue weighted by Crippen LogP contribution is -2.50. The number of thiophene rings is 1. The van der Waals surface area contributed by atoms with E-state index in [0.717, 1.165) is 5.56 Å². The van der Waals surface area contributed by atoms with E-state index >= 15 is 0 Å². The second kappa shape index (κ2) is 5.49. The van der Waals surface area contributed by atoms with E-state index in [1.807, 2.05) is 16.8 Å². The molecule has 0 aromatic carbocycles. The monoisotopic (exact) mass is 282 g/mol. The Morgan fingerprint density at radius 1 is 1.67 bits per heavy atom. The number of hydrogen-bond acceptors (Lipinski definition) is 4. The Balaban J connectivity index is 2.29. The van der Waals surface area contributed by atoms with Crippen molar-refractivity contribution in [2.75, 3.05) is 6.61 Å². The third-order valence-corrected chi connectivity index (χ3v) is 3.63. The fraction of sp³-hybridized carbons (Fsp3) is 0.333. The third-order valence-electron chi connectivity index (χ3n) is 2.71. The van der Waals surface area contributed by atoms with Gasteiger partial charge in [0.1, 0.15) is 5.92 Å². The Bertz CT molecular complexity index is 470. The minimum atomic E-state index is -0.466. The van der Waals surface area contributed by atoms with E-state index in [9.17, 15) is 4.79 Å². The number of esters is 1. The predicted octanol–water partition coefficient (Wildman–Crippen LogP) is 1.96. The highest BCUT2D eigenvalue weighted by Crippen LogP contribution is 2.31. The van der Waals surface area contributed by atoms with Crippen molar-refractivity contribution in [1.29, 1.82) is 0 Å². The average Bonchev–Trinajstić information content (AvgIpc) is 2.81. The van der Waals surface area contributed by atoms with Crippen molar-refractivity contribution in [1.82, 2.24) is 10.6 Å². The van der Waals surface area contributed by atoms with Gasteiger partial charge in [-0.05, 0) is 41.5 Å². The van der Waals surface area contributed by atoms with Gasteiger partial charge in [0.05, 0.1) is 12.6 Å². The second-order valence-electron chi connectivity index (χ2n) is 3.89. The molecule has 18 heavy (non-hydrogen) atoms. The van der Waals surface area contributed by atoms with E-state index in [2.05, 4.69) is 17.2 Å². The van der Waals surface area contributed by atoms with Gasteiger partial charge >= 0.3 is 5.97 Å². The molecule has 0 aliphatic carbocycles. The van der Waals surface area contributed by atoms with E-state index in [1.54, 1.807) is 18.3 Å². The van der Waals surface area contributed by atoms with Crippen LogP contribution in [0.5, 0.6) is 0 Å². The van der Waals surface area contributed by atoms with Gasteiger partial charge in [0.2, 0.25) is 0 Å². The molecule has 2 rings (SSSR count). The van der Waals surface area contributed by atoms with Crippen molar-refractivity contribution in [3.8, 4) is 0 Å². The number of carbonyl (C=O) groups is 1. The molecule has 1 saturated heterocycles. The summed E-state index contributed by atoms with van der Waals surface area (Å²) in [6.45, 7) is 6.01. The Kier molecular flexibility index (Phi) is 3.98. The van der Waals surface area contributed by atoms with Crippen LogP contribution in [0.25, 0.3) is 0 Å². The molecule has 1 aromatic rings. The average molecular weight is 282 g/mol. The summed E-state index contributed by atoms with van der Waals surface area (Å²) >= 11 is 6.68. The van der Waals surface area contributed by atoms with Gasteiger partial charge in [-0.15, -0.1) is 0 Å². The van der Waals surface area contributed by atoms with Gasteiger partial charge in [-0.25, -0.2) is 0 Å². The largest absolute Gasteiger partial charge is 0.465 e. The van der Waals surface area contributed by atoms with Crippen LogP contribution in [0.15, 0.2) is 29.1 Å². The van der Waals surface area contributed by atoms with E-state index < -0.39 is 5.92 Å². The van der Waals surface area contributed by atoms with E-state index in [-0.39, 0.29) is 12.0 Å². The van der Waals surface area contributed by atoms with Crippen molar-refractivity contribution >= 4 is 34.6 Å². The molecule has 96 valence electrons. The Labute approximate surface area is 115 Å². The zero-order valence-corrected chi connectivity index (χ0v) is 11.6. The Morgan fingerprint density at radius 3 is 3.06 bits per heavy atom. The fourth-order valence-electron chi connectivity index (χ4n) is 1.92. The lowest BCUT2D eigenvalue weighted by molar-refractivity contribution is -0.147. The number of thiocarbonyl (C=S) groups is 1. The van der Waals surface area contributed by atoms with Gasteiger partial charge in [-0.3, -0.25) is 4.79 Å². The number of ether oxygens (including phenoxy) is 1. The molecule has 1 fully saturated rings. The van der Waals surface area contributed by atoms with E-state index in [1.165, 1.54) is 0 Å². The Hall–Kier alpha value is -1.40. The van der Waals surface area contributed by atoms with E-state index in [4.69, 9.17) is 17.0 Å². The van der Waals surface area contributed by atoms with Crippen LogP contribution in [0, 0.1) is 5.92 Å². The summed E-state index contributed by atoms with van der Waals surface area (Å²) < 4.78 is 5.10. The van der Waals surface area contributed by atoms with Crippen LogP contribution in [-0.4, -0.2) is 17.7 Å². The first-order chi connectivity index (χ1) is 8.63. The maximum Gasteiger partial charge on any atom is 0.317 e. The van der Waals surface area contributed by atoms with Gasteiger partial charge in [0.15, 0.2) is 5.11 Å². The molecule has 1 aromatic heterocycles. The molecule has 2 N–H and O–H groups in total. The van der Waals surface area contributed by atoms with Crippen molar-refractivity contribution in [2.24, 2.45) is 5.92 Å². The summed E-state index contributed by atoms with van der Waals surface area (Å²) in [5.74, 6) is -0.757. The van der Waals surface area contributed by atoms with Crippen LogP contribution in [0.2, 0.25) is 0 Å². The summed E-state index contributed by atoms with van der Waals surface area (Å²) in [7, 11) is 0. The summed E-state index contributed by atoms with van der Waals surface area (Å²) in [4.78, 5) is 12.0. The van der Waals surface area contributed by atoms with Crippen molar-refractivity contribution < 1.29 is 9.53 Å². The van der Waals surface area contributed by atoms with Crippen LogP contribution in [0.3, 0.4) is 0 Å². The fourth-order valence-corrected chi connectivity index (χ4v) is 2.88. The molecule has 2 unspecified atom stereocenters. The predicted molar refractivity (Wildman–Crippen MR) is 75.2 cm³/mol. The second-order valence-corrected chi connectivity index (χ2v) is 5.08. The van der Waals surface area contributed by atoms with Gasteiger partial charge in [0, 0.05) is 5.70 Å². The van der Waals surface area contributed by atoms with Crippen LogP contribution >= 0.6 is 23.6 Å². The summed E-state index contributed by atoms with van der Waals surface area (Å²) in [5.41, 5.74) is 1.59. The molecule has 2 atom stereocenters. The topological polar surface area (TPSA) is 50.4 Å². The number of carbonyl (C=O) groups excluding carboxylic acids is 1. The van der Waals surface area contributed by atoms with Gasteiger partial charge in [0.25, 0.3) is 0 Å². The molecular formula is C12H14N2O2S2. The normalized spacial score (nSPS) is 23.2. The molecule has 0 radical (unpaired) electrons. The first-order valence-electron chi connectivity index (χ1n) is 5.58. The summed E-state index contributed by atoms with van der Waals surface area (Å²) in [5, 5.41) is 10.4. The lowest BCUT2D eigenvalue weighted by atomic mass is 9.91. The molecule has 2 heterocycles. The van der Waals surface area contributed by atoms with Crippen LogP contribution < -0.4 is 10.6 Å². The zero-order valence-electron chi connectivity index (χ0n) is 9.93. The maximum absolute atomic E-state index is 12.0. The number of hydrogen-bond donors (Lipinski definition) is 2. The summed E-state index contributed by atoms with van der Waals surface area (Å²) in [6.07, 6.45) is 0. The van der Waals surface area contributed by atoms with Crippen molar-refractivity contribution in [2.45, 2.75) is 13.0 Å².